The van der Waals surface area contributed by atoms with Crippen LogP contribution in [0, 0.1) is 18.3 Å². The first-order valence-electron chi connectivity index (χ1n) is 6.38. The monoisotopic (exact) mass is 357 g/mol. The molecule has 2 N–H and O–H groups in total. The lowest BCUT2D eigenvalue weighted by Crippen LogP contribution is -1.89. The molecule has 5 heteroatoms. The standard InChI is InChI=1S/C16H12BrN3S/c1-10-5-6-14(16-15(10)13(17)9-19-16)20-21-12-4-2-3-11(7-12)8-18/h2-7,9,19-20H,1H3. The Balaban J connectivity index is 1.89. The van der Waals surface area contributed by atoms with Gasteiger partial charge in [-0.05, 0) is 64.6 Å². The molecular formula is C16H12BrN3S. The zero-order valence-corrected chi connectivity index (χ0v) is 13.7. The van der Waals surface area contributed by atoms with Gasteiger partial charge in [-0.2, -0.15) is 5.26 Å². The van der Waals surface area contributed by atoms with E-state index in [1.54, 1.807) is 6.07 Å². The maximum Gasteiger partial charge on any atom is 0.0992 e. The first kappa shape index (κ1) is 14.1. The number of rotatable bonds is 3. The van der Waals surface area contributed by atoms with Crippen molar-refractivity contribution in [3.63, 3.8) is 0 Å². The molecule has 3 rings (SSSR count). The molecule has 3 nitrogen and oxygen atoms in total. The van der Waals surface area contributed by atoms with Gasteiger partial charge in [0.1, 0.15) is 0 Å². The Kier molecular flexibility index (Phi) is 3.91. The Morgan fingerprint density at radius 2 is 2.14 bits per heavy atom. The number of halogens is 1. The minimum absolute atomic E-state index is 0.665. The molecule has 21 heavy (non-hydrogen) atoms. The maximum atomic E-state index is 8.93. The molecule has 0 atom stereocenters. The van der Waals surface area contributed by atoms with Crippen molar-refractivity contribution in [1.29, 1.82) is 5.26 Å². The van der Waals surface area contributed by atoms with Gasteiger partial charge in [0.2, 0.25) is 0 Å². The van der Waals surface area contributed by atoms with Crippen molar-refractivity contribution >= 4 is 44.5 Å². The number of hydrogen-bond donors (Lipinski definition) is 2. The van der Waals surface area contributed by atoms with E-state index in [1.165, 1.54) is 22.9 Å². The Labute approximate surface area is 135 Å². The van der Waals surface area contributed by atoms with E-state index in [1.807, 2.05) is 24.4 Å². The first-order valence-corrected chi connectivity index (χ1v) is 7.99. The summed E-state index contributed by atoms with van der Waals surface area (Å²) in [5.41, 5.74) is 3.98. The number of aromatic nitrogens is 1. The molecule has 0 fully saturated rings. The van der Waals surface area contributed by atoms with Crippen LogP contribution in [-0.2, 0) is 0 Å². The Bertz CT molecular complexity index is 848. The minimum Gasteiger partial charge on any atom is -0.358 e. The van der Waals surface area contributed by atoms with Crippen molar-refractivity contribution in [1.82, 2.24) is 4.98 Å². The molecule has 0 saturated carbocycles. The second-order valence-electron chi connectivity index (χ2n) is 4.66. The molecular weight excluding hydrogens is 346 g/mol. The summed E-state index contributed by atoms with van der Waals surface area (Å²) < 4.78 is 4.42. The van der Waals surface area contributed by atoms with E-state index in [9.17, 15) is 0 Å². The molecule has 0 saturated heterocycles. The van der Waals surface area contributed by atoms with Crippen LogP contribution < -0.4 is 4.72 Å². The topological polar surface area (TPSA) is 51.6 Å². The highest BCUT2D eigenvalue weighted by Crippen LogP contribution is 2.33. The summed E-state index contributed by atoms with van der Waals surface area (Å²) >= 11 is 5.06. The fourth-order valence-electron chi connectivity index (χ4n) is 2.20. The van der Waals surface area contributed by atoms with Crippen LogP contribution in [0.4, 0.5) is 5.69 Å². The van der Waals surface area contributed by atoms with Crippen molar-refractivity contribution in [3.8, 4) is 6.07 Å². The lowest BCUT2D eigenvalue weighted by atomic mass is 10.1. The van der Waals surface area contributed by atoms with Crippen molar-refractivity contribution in [2.24, 2.45) is 0 Å². The third kappa shape index (κ3) is 2.78. The van der Waals surface area contributed by atoms with Gasteiger partial charge in [0, 0.05) is 21.0 Å². The normalized spacial score (nSPS) is 10.5. The van der Waals surface area contributed by atoms with Gasteiger partial charge < -0.3 is 9.71 Å². The molecule has 0 unspecified atom stereocenters. The highest BCUT2D eigenvalue weighted by molar-refractivity contribution is 9.10. The van der Waals surface area contributed by atoms with Crippen LogP contribution >= 0.6 is 27.9 Å². The molecule has 1 aromatic heterocycles. The van der Waals surface area contributed by atoms with Gasteiger partial charge in [-0.25, -0.2) is 0 Å². The number of benzene rings is 2. The summed E-state index contributed by atoms with van der Waals surface area (Å²) in [5.74, 6) is 0. The smallest absolute Gasteiger partial charge is 0.0992 e. The molecule has 0 spiro atoms. The largest absolute Gasteiger partial charge is 0.358 e. The highest BCUT2D eigenvalue weighted by atomic mass is 79.9. The third-order valence-corrected chi connectivity index (χ3v) is 4.67. The molecule has 3 aromatic rings. The Morgan fingerprint density at radius 1 is 1.29 bits per heavy atom. The van der Waals surface area contributed by atoms with E-state index in [0.717, 1.165) is 20.6 Å². The van der Waals surface area contributed by atoms with E-state index in [0.29, 0.717) is 5.56 Å². The highest BCUT2D eigenvalue weighted by Gasteiger charge is 2.09. The lowest BCUT2D eigenvalue weighted by molar-refractivity contribution is 1.40. The summed E-state index contributed by atoms with van der Waals surface area (Å²) in [6.45, 7) is 2.09. The molecule has 0 amide bonds. The van der Waals surface area contributed by atoms with Crippen LogP contribution in [0.3, 0.4) is 0 Å². The van der Waals surface area contributed by atoms with Crippen LogP contribution in [-0.4, -0.2) is 4.98 Å². The number of H-pyrrole nitrogens is 1. The molecule has 2 aromatic carbocycles. The van der Waals surface area contributed by atoms with E-state index in [4.69, 9.17) is 5.26 Å². The predicted octanol–water partition coefficient (Wildman–Crippen LogP) is 5.23. The van der Waals surface area contributed by atoms with Crippen molar-refractivity contribution in [3.05, 3.63) is 58.2 Å². The van der Waals surface area contributed by atoms with Gasteiger partial charge in [0.15, 0.2) is 0 Å². The van der Waals surface area contributed by atoms with Crippen LogP contribution in [0.2, 0.25) is 0 Å². The summed E-state index contributed by atoms with van der Waals surface area (Å²) in [4.78, 5) is 4.29. The van der Waals surface area contributed by atoms with Crippen molar-refractivity contribution in [2.75, 3.05) is 4.72 Å². The van der Waals surface area contributed by atoms with E-state index in [-0.39, 0.29) is 0 Å². The van der Waals surface area contributed by atoms with E-state index >= 15 is 0 Å². The molecule has 0 aliphatic heterocycles. The lowest BCUT2D eigenvalue weighted by Gasteiger charge is -2.08. The summed E-state index contributed by atoms with van der Waals surface area (Å²) in [5, 5.41) is 10.1. The van der Waals surface area contributed by atoms with Crippen LogP contribution in [0.25, 0.3) is 10.9 Å². The van der Waals surface area contributed by atoms with Gasteiger partial charge in [0.25, 0.3) is 0 Å². The maximum absolute atomic E-state index is 8.93. The number of nitriles is 1. The van der Waals surface area contributed by atoms with Gasteiger partial charge in [-0.15, -0.1) is 0 Å². The summed E-state index contributed by atoms with van der Waals surface area (Å²) in [6, 6.07) is 13.8. The Morgan fingerprint density at radius 3 is 2.95 bits per heavy atom. The van der Waals surface area contributed by atoms with Crippen molar-refractivity contribution < 1.29 is 0 Å². The number of nitrogens with one attached hydrogen (secondary N) is 2. The summed E-state index contributed by atoms with van der Waals surface area (Å²) in [7, 11) is 0. The first-order chi connectivity index (χ1) is 10.2. The zero-order valence-electron chi connectivity index (χ0n) is 11.3. The molecule has 104 valence electrons. The number of fused-ring (bicyclic) bond motifs is 1. The van der Waals surface area contributed by atoms with Crippen LogP contribution in [0.5, 0.6) is 0 Å². The number of aromatic amines is 1. The van der Waals surface area contributed by atoms with E-state index in [2.05, 4.69) is 50.8 Å². The second-order valence-corrected chi connectivity index (χ2v) is 6.39. The fourth-order valence-corrected chi connectivity index (χ4v) is 3.56. The number of aryl methyl sites for hydroxylation is 1. The Hall–Kier alpha value is -1.90. The average molecular weight is 358 g/mol. The van der Waals surface area contributed by atoms with E-state index < -0.39 is 0 Å². The minimum atomic E-state index is 0.665. The van der Waals surface area contributed by atoms with Crippen molar-refractivity contribution in [2.45, 2.75) is 11.8 Å². The number of hydrogen-bond acceptors (Lipinski definition) is 3. The van der Waals surface area contributed by atoms with Gasteiger partial charge >= 0.3 is 0 Å². The van der Waals surface area contributed by atoms with Gasteiger partial charge in [-0.1, -0.05) is 12.1 Å². The predicted molar refractivity (Wildman–Crippen MR) is 91.4 cm³/mol. The van der Waals surface area contributed by atoms with Crippen LogP contribution in [0.15, 0.2) is 52.0 Å². The molecule has 1 heterocycles. The fraction of sp³-hybridized carbons (Fsp3) is 0.0625. The average Bonchev–Trinajstić information content (AvgIpc) is 2.90. The number of anilines is 1. The van der Waals surface area contributed by atoms with Crippen LogP contribution in [0.1, 0.15) is 11.1 Å². The summed E-state index contributed by atoms with van der Waals surface area (Å²) in [6.07, 6.45) is 1.95. The van der Waals surface area contributed by atoms with Gasteiger partial charge in [-0.3, -0.25) is 0 Å². The molecule has 0 aliphatic rings. The number of nitrogens with zero attached hydrogens (tertiary/aromatic N) is 1. The quantitative estimate of drug-likeness (QED) is 0.631. The van der Waals surface area contributed by atoms with Gasteiger partial charge in [0.05, 0.1) is 22.8 Å². The molecule has 0 radical (unpaired) electrons. The third-order valence-electron chi connectivity index (χ3n) is 3.24. The SMILES string of the molecule is Cc1ccc(NSc2cccc(C#N)c2)c2[nH]cc(Br)c12. The zero-order chi connectivity index (χ0) is 14.8. The second kappa shape index (κ2) is 5.84. The molecule has 0 bridgehead atoms. The molecule has 0 aliphatic carbocycles.